The summed E-state index contributed by atoms with van der Waals surface area (Å²) < 4.78 is 9.91. The molecule has 0 fully saturated rings. The first-order valence-corrected chi connectivity index (χ1v) is 6.17. The van der Waals surface area contributed by atoms with Crippen LogP contribution in [0.5, 0.6) is 0 Å². The lowest BCUT2D eigenvalue weighted by Gasteiger charge is -2.19. The molecule has 0 saturated heterocycles. The van der Waals surface area contributed by atoms with Crippen LogP contribution in [0.4, 0.5) is 0 Å². The van der Waals surface area contributed by atoms with Gasteiger partial charge in [-0.05, 0) is 19.3 Å². The van der Waals surface area contributed by atoms with Crippen LogP contribution < -0.4 is 5.73 Å². The van der Waals surface area contributed by atoms with Crippen molar-refractivity contribution in [1.82, 2.24) is 0 Å². The summed E-state index contributed by atoms with van der Waals surface area (Å²) in [6, 6.07) is -0.934. The molecule has 0 spiro atoms. The lowest BCUT2D eigenvalue weighted by molar-refractivity contribution is -0.157. The van der Waals surface area contributed by atoms with Gasteiger partial charge in [0.2, 0.25) is 0 Å². The third kappa shape index (κ3) is 5.68. The summed E-state index contributed by atoms with van der Waals surface area (Å²) in [6.45, 7) is 6.28. The van der Waals surface area contributed by atoms with Crippen molar-refractivity contribution in [1.29, 1.82) is 0 Å². The molecule has 2 atom stereocenters. The minimum Gasteiger partial charge on any atom is -0.465 e. The van der Waals surface area contributed by atoms with Gasteiger partial charge in [0.05, 0.1) is 19.1 Å². The highest BCUT2D eigenvalue weighted by molar-refractivity contribution is 5.84. The molecule has 0 saturated carbocycles. The summed E-state index contributed by atoms with van der Waals surface area (Å²) in [4.78, 5) is 23.2. The summed E-state index contributed by atoms with van der Waals surface area (Å²) in [7, 11) is 0. The van der Waals surface area contributed by atoms with Gasteiger partial charge in [-0.1, -0.05) is 20.8 Å². The second-order valence-electron chi connectivity index (χ2n) is 3.88. The molecule has 0 aliphatic heterocycles. The zero-order valence-electron chi connectivity index (χ0n) is 10.9. The smallest absolute Gasteiger partial charge is 0.323 e. The molecule has 0 aliphatic carbocycles. The van der Waals surface area contributed by atoms with Crippen LogP contribution in [-0.2, 0) is 19.1 Å². The lowest BCUT2D eigenvalue weighted by atomic mass is 9.98. The Kier molecular flexibility index (Phi) is 8.40. The van der Waals surface area contributed by atoms with Crippen LogP contribution in [0.3, 0.4) is 0 Å². The molecule has 0 heterocycles. The van der Waals surface area contributed by atoms with Crippen molar-refractivity contribution in [3.8, 4) is 0 Å². The summed E-state index contributed by atoms with van der Waals surface area (Å²) in [5, 5.41) is 0. The van der Waals surface area contributed by atoms with Gasteiger partial charge in [0, 0.05) is 0 Å². The molecule has 0 radical (unpaired) electrons. The summed E-state index contributed by atoms with van der Waals surface area (Å²) in [5.41, 5.74) is 5.71. The Hall–Kier alpha value is -1.10. The van der Waals surface area contributed by atoms with E-state index in [9.17, 15) is 9.59 Å². The van der Waals surface area contributed by atoms with Crippen molar-refractivity contribution < 1.29 is 19.1 Å². The van der Waals surface area contributed by atoms with E-state index in [4.69, 9.17) is 15.2 Å². The van der Waals surface area contributed by atoms with Gasteiger partial charge in [0.25, 0.3) is 0 Å². The quantitative estimate of drug-likeness (QED) is 0.651. The Morgan fingerprint density at radius 2 is 1.47 bits per heavy atom. The van der Waals surface area contributed by atoms with Crippen molar-refractivity contribution in [2.24, 2.45) is 11.7 Å². The molecule has 5 nitrogen and oxygen atoms in total. The third-order valence-electron chi connectivity index (χ3n) is 2.35. The Bertz CT molecular complexity index is 243. The minimum atomic E-state index is -0.934. The molecule has 17 heavy (non-hydrogen) atoms. The average molecular weight is 245 g/mol. The highest BCUT2D eigenvalue weighted by Gasteiger charge is 2.31. The molecule has 5 heteroatoms. The van der Waals surface area contributed by atoms with Crippen LogP contribution >= 0.6 is 0 Å². The van der Waals surface area contributed by atoms with Crippen molar-refractivity contribution in [2.45, 2.75) is 46.1 Å². The number of esters is 2. The van der Waals surface area contributed by atoms with Gasteiger partial charge in [0.1, 0.15) is 6.04 Å². The maximum atomic E-state index is 11.6. The topological polar surface area (TPSA) is 78.6 Å². The summed E-state index contributed by atoms with van der Waals surface area (Å²) in [5.74, 6) is -1.58. The first-order chi connectivity index (χ1) is 8.08. The van der Waals surface area contributed by atoms with Gasteiger partial charge in [-0.2, -0.15) is 0 Å². The van der Waals surface area contributed by atoms with E-state index in [1.165, 1.54) is 0 Å². The Labute approximate surface area is 103 Å². The molecule has 0 rings (SSSR count). The highest BCUT2D eigenvalue weighted by atomic mass is 16.5. The van der Waals surface area contributed by atoms with Gasteiger partial charge < -0.3 is 15.2 Å². The molecular formula is C12H23NO4. The highest BCUT2D eigenvalue weighted by Crippen LogP contribution is 2.11. The molecule has 0 aliphatic rings. The molecule has 0 aromatic rings. The largest absolute Gasteiger partial charge is 0.465 e. The van der Waals surface area contributed by atoms with E-state index in [0.29, 0.717) is 19.6 Å². The normalized spacial score (nSPS) is 13.9. The Morgan fingerprint density at radius 3 is 1.88 bits per heavy atom. The van der Waals surface area contributed by atoms with Gasteiger partial charge in [-0.15, -0.1) is 0 Å². The first kappa shape index (κ1) is 15.9. The molecule has 0 unspecified atom stereocenters. The fourth-order valence-electron chi connectivity index (χ4n) is 1.34. The average Bonchev–Trinajstić information content (AvgIpc) is 2.33. The van der Waals surface area contributed by atoms with Crippen LogP contribution in [0.25, 0.3) is 0 Å². The van der Waals surface area contributed by atoms with Crippen molar-refractivity contribution in [2.75, 3.05) is 13.2 Å². The third-order valence-corrected chi connectivity index (χ3v) is 2.35. The number of rotatable bonds is 8. The van der Waals surface area contributed by atoms with Crippen LogP contribution in [0.15, 0.2) is 0 Å². The van der Waals surface area contributed by atoms with Gasteiger partial charge in [0.15, 0.2) is 0 Å². The number of carbonyl (C=O) groups is 2. The van der Waals surface area contributed by atoms with E-state index < -0.39 is 23.9 Å². The number of hydrogen-bond donors (Lipinski definition) is 1. The monoisotopic (exact) mass is 245 g/mol. The van der Waals surface area contributed by atoms with E-state index in [2.05, 4.69) is 0 Å². The zero-order chi connectivity index (χ0) is 13.3. The van der Waals surface area contributed by atoms with Gasteiger partial charge >= 0.3 is 11.9 Å². The predicted octanol–water partition coefficient (Wildman–Crippen LogP) is 1.25. The van der Waals surface area contributed by atoms with Crippen LogP contribution in [0.2, 0.25) is 0 Å². The van der Waals surface area contributed by atoms with Gasteiger partial charge in [-0.25, -0.2) is 0 Å². The minimum absolute atomic E-state index is 0.326. The second-order valence-corrected chi connectivity index (χ2v) is 3.88. The number of carbonyl (C=O) groups excluding carboxylic acids is 2. The first-order valence-electron chi connectivity index (χ1n) is 6.17. The second kappa shape index (κ2) is 8.98. The van der Waals surface area contributed by atoms with Crippen molar-refractivity contribution in [3.63, 3.8) is 0 Å². The number of ether oxygens (including phenoxy) is 2. The molecular weight excluding hydrogens is 222 g/mol. The van der Waals surface area contributed by atoms with E-state index in [-0.39, 0.29) is 0 Å². The maximum Gasteiger partial charge on any atom is 0.323 e. The Morgan fingerprint density at radius 1 is 1.00 bits per heavy atom. The molecule has 0 bridgehead atoms. The fraction of sp³-hybridized carbons (Fsp3) is 0.833. The van der Waals surface area contributed by atoms with E-state index in [0.717, 1.165) is 12.8 Å². The predicted molar refractivity (Wildman–Crippen MR) is 64.3 cm³/mol. The molecule has 2 N–H and O–H groups in total. The SMILES string of the molecule is CCCOC(=O)[C@@H](N)[C@H](CC)C(=O)OCCC. The summed E-state index contributed by atoms with van der Waals surface area (Å²) in [6.07, 6.45) is 1.94. The van der Waals surface area contributed by atoms with Crippen molar-refractivity contribution in [3.05, 3.63) is 0 Å². The molecule has 0 aromatic heterocycles. The van der Waals surface area contributed by atoms with Crippen LogP contribution in [0.1, 0.15) is 40.0 Å². The summed E-state index contributed by atoms with van der Waals surface area (Å²) >= 11 is 0. The number of nitrogens with two attached hydrogens (primary N) is 1. The lowest BCUT2D eigenvalue weighted by Crippen LogP contribution is -2.43. The van der Waals surface area contributed by atoms with Crippen LogP contribution in [-0.4, -0.2) is 31.2 Å². The molecule has 0 aromatic carbocycles. The van der Waals surface area contributed by atoms with E-state index in [1.807, 2.05) is 13.8 Å². The van der Waals surface area contributed by atoms with Crippen molar-refractivity contribution >= 4 is 11.9 Å². The fourth-order valence-corrected chi connectivity index (χ4v) is 1.34. The standard InChI is InChI=1S/C12H23NO4/c1-4-7-16-11(14)9(6-3)10(13)12(15)17-8-5-2/h9-10H,4-8,13H2,1-3H3/t9-,10-/m0/s1. The van der Waals surface area contributed by atoms with E-state index >= 15 is 0 Å². The molecule has 100 valence electrons. The van der Waals surface area contributed by atoms with Gasteiger partial charge in [-0.3, -0.25) is 9.59 Å². The van der Waals surface area contributed by atoms with Crippen LogP contribution in [0, 0.1) is 5.92 Å². The van der Waals surface area contributed by atoms with E-state index in [1.54, 1.807) is 6.92 Å². The molecule has 0 amide bonds. The maximum absolute atomic E-state index is 11.6. The Balaban J connectivity index is 4.32. The number of hydrogen-bond acceptors (Lipinski definition) is 5. The zero-order valence-corrected chi connectivity index (χ0v) is 10.9.